The van der Waals surface area contributed by atoms with Crippen molar-refractivity contribution < 1.29 is 9.59 Å². The summed E-state index contributed by atoms with van der Waals surface area (Å²) in [6, 6.07) is 3.84. The van der Waals surface area contributed by atoms with Crippen LogP contribution in [0, 0.1) is 0 Å². The fourth-order valence-corrected chi connectivity index (χ4v) is 3.77. The van der Waals surface area contributed by atoms with Gasteiger partial charge in [0, 0.05) is 56.1 Å². The molecule has 8 heteroatoms. The molecule has 0 unspecified atom stereocenters. The maximum Gasteiger partial charge on any atom is 0.234 e. The number of piperazine rings is 1. The molecule has 2 amide bonds. The molecule has 27 heavy (non-hydrogen) atoms. The number of nitrogens with zero attached hydrogens (tertiary/aromatic N) is 4. The Balaban J connectivity index is 1.46. The molecule has 0 radical (unpaired) electrons. The van der Waals surface area contributed by atoms with Gasteiger partial charge in [0.2, 0.25) is 11.8 Å². The van der Waals surface area contributed by atoms with E-state index in [0.717, 1.165) is 35.8 Å². The Kier molecular flexibility index (Phi) is 6.89. The van der Waals surface area contributed by atoms with Crippen LogP contribution < -0.4 is 5.32 Å². The molecule has 2 aromatic heterocycles. The predicted molar refractivity (Wildman–Crippen MR) is 105 cm³/mol. The first-order chi connectivity index (χ1) is 13.2. The Bertz CT molecular complexity index is 756. The Labute approximate surface area is 163 Å². The van der Waals surface area contributed by atoms with Crippen molar-refractivity contribution in [1.29, 1.82) is 0 Å². The Hall–Kier alpha value is -2.32. The second-order valence-electron chi connectivity index (χ2n) is 6.57. The summed E-state index contributed by atoms with van der Waals surface area (Å²) < 4.78 is 0. The van der Waals surface area contributed by atoms with Gasteiger partial charge in [-0.15, -0.1) is 11.3 Å². The molecular formula is C19H25N5O2S. The van der Waals surface area contributed by atoms with E-state index in [4.69, 9.17) is 0 Å². The van der Waals surface area contributed by atoms with E-state index in [9.17, 15) is 9.59 Å². The minimum Gasteiger partial charge on any atom is -0.355 e. The van der Waals surface area contributed by atoms with E-state index in [2.05, 4.69) is 20.2 Å². The van der Waals surface area contributed by atoms with E-state index in [0.29, 0.717) is 32.6 Å². The molecule has 7 nitrogen and oxygen atoms in total. The van der Waals surface area contributed by atoms with Crippen molar-refractivity contribution in [3.8, 4) is 10.6 Å². The third kappa shape index (κ3) is 5.58. The first-order valence-electron chi connectivity index (χ1n) is 9.27. The Morgan fingerprint density at radius 2 is 2.07 bits per heavy atom. The number of carbonyl (C=O) groups is 2. The number of hydrogen-bond donors (Lipinski definition) is 1. The fourth-order valence-electron chi connectivity index (χ4n) is 2.96. The average molecular weight is 388 g/mol. The molecule has 3 rings (SSSR count). The van der Waals surface area contributed by atoms with Crippen molar-refractivity contribution in [3.63, 3.8) is 0 Å². The van der Waals surface area contributed by atoms with Gasteiger partial charge in [-0.1, -0.05) is 6.92 Å². The van der Waals surface area contributed by atoms with Crippen LogP contribution >= 0.6 is 11.3 Å². The highest BCUT2D eigenvalue weighted by Crippen LogP contribution is 2.23. The summed E-state index contributed by atoms with van der Waals surface area (Å²) in [6.45, 7) is 5.91. The van der Waals surface area contributed by atoms with Crippen molar-refractivity contribution >= 4 is 23.2 Å². The summed E-state index contributed by atoms with van der Waals surface area (Å²) in [6.07, 6.45) is 4.76. The average Bonchev–Trinajstić information content (AvgIpc) is 3.16. The topological polar surface area (TPSA) is 78.4 Å². The standard InChI is InChI=1S/C19H25N5O2S/c1-2-5-21-17(25)13-23-7-9-24(10-8-23)18(26)11-16-14-27-19(22-16)15-4-3-6-20-12-15/h3-4,6,12,14H,2,5,7-11,13H2,1H3,(H,21,25). The van der Waals surface area contributed by atoms with Crippen LogP contribution in [0.3, 0.4) is 0 Å². The molecule has 2 aromatic rings. The third-order valence-electron chi connectivity index (χ3n) is 4.46. The monoisotopic (exact) mass is 387 g/mol. The van der Waals surface area contributed by atoms with Crippen molar-refractivity contribution in [3.05, 3.63) is 35.6 Å². The van der Waals surface area contributed by atoms with Gasteiger partial charge in [0.15, 0.2) is 0 Å². The fraction of sp³-hybridized carbons (Fsp3) is 0.474. The number of rotatable bonds is 7. The van der Waals surface area contributed by atoms with Gasteiger partial charge in [-0.2, -0.15) is 0 Å². The number of pyridine rings is 1. The van der Waals surface area contributed by atoms with E-state index in [1.165, 1.54) is 11.3 Å². The van der Waals surface area contributed by atoms with Gasteiger partial charge in [0.25, 0.3) is 0 Å². The zero-order valence-corrected chi connectivity index (χ0v) is 16.4. The lowest BCUT2D eigenvalue weighted by Crippen LogP contribution is -2.51. The predicted octanol–water partition coefficient (Wildman–Crippen LogP) is 1.42. The summed E-state index contributed by atoms with van der Waals surface area (Å²) in [5, 5.41) is 5.71. The largest absolute Gasteiger partial charge is 0.355 e. The molecule has 1 N–H and O–H groups in total. The van der Waals surface area contributed by atoms with Crippen molar-refractivity contribution in [2.45, 2.75) is 19.8 Å². The second kappa shape index (κ2) is 9.57. The van der Waals surface area contributed by atoms with Gasteiger partial charge in [0.05, 0.1) is 18.7 Å². The molecule has 1 fully saturated rings. The molecule has 1 saturated heterocycles. The summed E-state index contributed by atoms with van der Waals surface area (Å²) in [5.41, 5.74) is 1.77. The summed E-state index contributed by atoms with van der Waals surface area (Å²) in [7, 11) is 0. The van der Waals surface area contributed by atoms with Crippen LogP contribution in [0.15, 0.2) is 29.9 Å². The van der Waals surface area contributed by atoms with E-state index < -0.39 is 0 Å². The lowest BCUT2D eigenvalue weighted by molar-refractivity contribution is -0.132. The second-order valence-corrected chi connectivity index (χ2v) is 7.43. The molecule has 0 bridgehead atoms. The highest BCUT2D eigenvalue weighted by molar-refractivity contribution is 7.13. The third-order valence-corrected chi connectivity index (χ3v) is 5.40. The van der Waals surface area contributed by atoms with Crippen LogP contribution in [0.25, 0.3) is 10.6 Å². The molecule has 144 valence electrons. The quantitative estimate of drug-likeness (QED) is 0.777. The van der Waals surface area contributed by atoms with Crippen LogP contribution in [-0.2, 0) is 16.0 Å². The molecule has 0 saturated carbocycles. The number of hydrogen-bond acceptors (Lipinski definition) is 6. The van der Waals surface area contributed by atoms with Crippen molar-refractivity contribution in [2.75, 3.05) is 39.3 Å². The minimum absolute atomic E-state index is 0.0574. The minimum atomic E-state index is 0.0574. The van der Waals surface area contributed by atoms with E-state index >= 15 is 0 Å². The Morgan fingerprint density at radius 3 is 2.78 bits per heavy atom. The summed E-state index contributed by atoms with van der Waals surface area (Å²) in [5.74, 6) is 0.148. The van der Waals surface area contributed by atoms with Gasteiger partial charge in [-0.25, -0.2) is 4.98 Å². The van der Waals surface area contributed by atoms with Crippen LogP contribution in [0.4, 0.5) is 0 Å². The zero-order chi connectivity index (χ0) is 19.1. The number of aromatic nitrogens is 2. The highest BCUT2D eigenvalue weighted by atomic mass is 32.1. The molecular weight excluding hydrogens is 362 g/mol. The normalized spacial score (nSPS) is 14.9. The molecule has 3 heterocycles. The van der Waals surface area contributed by atoms with Gasteiger partial charge in [-0.05, 0) is 18.6 Å². The van der Waals surface area contributed by atoms with E-state index in [-0.39, 0.29) is 11.8 Å². The number of carbonyl (C=O) groups excluding carboxylic acids is 2. The number of amides is 2. The van der Waals surface area contributed by atoms with Crippen LogP contribution in [-0.4, -0.2) is 70.9 Å². The van der Waals surface area contributed by atoms with Crippen molar-refractivity contribution in [2.24, 2.45) is 0 Å². The SMILES string of the molecule is CCCNC(=O)CN1CCN(C(=O)Cc2csc(-c3cccnc3)n2)CC1. The molecule has 1 aliphatic rings. The first kappa shape index (κ1) is 19.4. The summed E-state index contributed by atoms with van der Waals surface area (Å²) in [4.78, 5) is 37.0. The van der Waals surface area contributed by atoms with Gasteiger partial charge in [0.1, 0.15) is 5.01 Å². The lowest BCUT2D eigenvalue weighted by atomic mass is 10.2. The van der Waals surface area contributed by atoms with Gasteiger partial charge >= 0.3 is 0 Å². The Morgan fingerprint density at radius 1 is 1.26 bits per heavy atom. The molecule has 0 spiro atoms. The summed E-state index contributed by atoms with van der Waals surface area (Å²) >= 11 is 1.53. The zero-order valence-electron chi connectivity index (χ0n) is 15.6. The first-order valence-corrected chi connectivity index (χ1v) is 10.2. The van der Waals surface area contributed by atoms with Crippen LogP contribution in [0.2, 0.25) is 0 Å². The molecule has 0 aliphatic carbocycles. The lowest BCUT2D eigenvalue weighted by Gasteiger charge is -2.34. The maximum absolute atomic E-state index is 12.6. The smallest absolute Gasteiger partial charge is 0.234 e. The number of thiazole rings is 1. The van der Waals surface area contributed by atoms with Crippen molar-refractivity contribution in [1.82, 2.24) is 25.1 Å². The number of nitrogens with one attached hydrogen (secondary N) is 1. The van der Waals surface area contributed by atoms with E-state index in [1.807, 2.05) is 29.3 Å². The maximum atomic E-state index is 12.6. The van der Waals surface area contributed by atoms with Gasteiger partial charge in [-0.3, -0.25) is 19.5 Å². The molecule has 0 aromatic carbocycles. The van der Waals surface area contributed by atoms with Crippen LogP contribution in [0.1, 0.15) is 19.0 Å². The molecule has 0 atom stereocenters. The van der Waals surface area contributed by atoms with Crippen LogP contribution in [0.5, 0.6) is 0 Å². The highest BCUT2D eigenvalue weighted by Gasteiger charge is 2.23. The van der Waals surface area contributed by atoms with Gasteiger partial charge < -0.3 is 10.2 Å². The van der Waals surface area contributed by atoms with E-state index in [1.54, 1.807) is 12.4 Å². The molecule has 1 aliphatic heterocycles.